The van der Waals surface area contributed by atoms with Crippen molar-refractivity contribution >= 4 is 11.8 Å². The van der Waals surface area contributed by atoms with E-state index in [1.807, 2.05) is 0 Å². The maximum Gasteiger partial charge on any atom is 0.240 e. The lowest BCUT2D eigenvalue weighted by molar-refractivity contribution is -0.114. The fraction of sp³-hybridized carbons (Fsp3) is 0.455. The molecule has 5 heteroatoms. The fourth-order valence-corrected chi connectivity index (χ4v) is 0.447. The number of amides is 2. The first kappa shape index (κ1) is 19.9. The van der Waals surface area contributed by atoms with Crippen molar-refractivity contribution in [2.24, 2.45) is 11.5 Å². The van der Waals surface area contributed by atoms with Crippen LogP contribution in [0.3, 0.4) is 0 Å². The fourth-order valence-electron chi connectivity index (χ4n) is 0.447. The molecule has 0 aliphatic carbocycles. The molecular weight excluding hydrogens is 206 g/mol. The van der Waals surface area contributed by atoms with Crippen molar-refractivity contribution in [2.45, 2.75) is 13.3 Å². The van der Waals surface area contributed by atoms with Gasteiger partial charge in [-0.3, -0.25) is 9.59 Å². The Labute approximate surface area is 97.8 Å². The van der Waals surface area contributed by atoms with Crippen molar-refractivity contribution in [1.29, 1.82) is 0 Å². The van der Waals surface area contributed by atoms with Crippen LogP contribution in [-0.4, -0.2) is 37.4 Å². The molecule has 0 aromatic heterocycles. The Morgan fingerprint density at radius 3 is 1.38 bits per heavy atom. The summed E-state index contributed by atoms with van der Waals surface area (Å²) in [6, 6.07) is 0. The molecule has 0 saturated heterocycles. The molecule has 0 fully saturated rings. The van der Waals surface area contributed by atoms with Gasteiger partial charge in [-0.05, 0) is 39.2 Å². The third kappa shape index (κ3) is 55.4. The zero-order chi connectivity index (χ0) is 13.6. The molecule has 0 radical (unpaired) electrons. The number of carbonyl (C=O) groups is 2. The Bertz CT molecular complexity index is 195. The Morgan fingerprint density at radius 2 is 1.38 bits per heavy atom. The van der Waals surface area contributed by atoms with Crippen LogP contribution in [0, 0.1) is 0 Å². The van der Waals surface area contributed by atoms with Gasteiger partial charge in [-0.25, -0.2) is 0 Å². The molecule has 0 saturated carbocycles. The lowest BCUT2D eigenvalue weighted by Crippen LogP contribution is -2.11. The summed E-state index contributed by atoms with van der Waals surface area (Å²) in [5, 5.41) is 0. The van der Waals surface area contributed by atoms with Gasteiger partial charge in [0.1, 0.15) is 0 Å². The highest BCUT2D eigenvalue weighted by molar-refractivity contribution is 5.85. The highest BCUT2D eigenvalue weighted by Gasteiger charge is 1.79. The zero-order valence-corrected chi connectivity index (χ0v) is 10.4. The van der Waals surface area contributed by atoms with Crippen LogP contribution in [0.4, 0.5) is 0 Å². The molecule has 94 valence electrons. The molecule has 0 heterocycles. The minimum Gasteiger partial charge on any atom is -0.366 e. The molecule has 0 aliphatic heterocycles. The molecule has 0 aromatic carbocycles. The first-order valence-corrected chi connectivity index (χ1v) is 4.80. The van der Waals surface area contributed by atoms with Crippen molar-refractivity contribution in [3.63, 3.8) is 0 Å². The van der Waals surface area contributed by atoms with Gasteiger partial charge >= 0.3 is 0 Å². The molecule has 0 unspecified atom stereocenters. The monoisotopic (exact) mass is 229 g/mol. The number of carbonyl (C=O) groups excluding carboxylic acids is 2. The second-order valence-corrected chi connectivity index (χ2v) is 3.02. The summed E-state index contributed by atoms with van der Waals surface area (Å²) in [6.45, 7) is 9.56. The van der Waals surface area contributed by atoms with Crippen LogP contribution in [0.2, 0.25) is 0 Å². The molecule has 4 N–H and O–H groups in total. The summed E-state index contributed by atoms with van der Waals surface area (Å²) in [5.74, 6) is -0.963. The summed E-state index contributed by atoms with van der Waals surface area (Å²) in [4.78, 5) is 21.1. The molecule has 0 rings (SSSR count). The Hall–Kier alpha value is -1.62. The van der Waals surface area contributed by atoms with Crippen molar-refractivity contribution in [1.82, 2.24) is 4.90 Å². The quantitative estimate of drug-likeness (QED) is 0.678. The van der Waals surface area contributed by atoms with Gasteiger partial charge in [0.25, 0.3) is 0 Å². The summed E-state index contributed by atoms with van der Waals surface area (Å²) in [7, 11) is 4.17. The number of nitrogens with zero attached hydrogens (tertiary/aromatic N) is 1. The SMILES string of the molecule is C=CC(N)=O.C=CC(N)=O.CCCN(C)C. The van der Waals surface area contributed by atoms with Crippen LogP contribution < -0.4 is 11.5 Å². The smallest absolute Gasteiger partial charge is 0.240 e. The predicted octanol–water partition coefficient (Wildman–Crippen LogP) is 0.273. The van der Waals surface area contributed by atoms with Gasteiger partial charge in [-0.15, -0.1) is 0 Å². The van der Waals surface area contributed by atoms with E-state index in [1.165, 1.54) is 13.0 Å². The van der Waals surface area contributed by atoms with Gasteiger partial charge < -0.3 is 16.4 Å². The molecule has 0 aromatic rings. The van der Waals surface area contributed by atoms with Crippen LogP contribution in [0.5, 0.6) is 0 Å². The van der Waals surface area contributed by atoms with Crippen LogP contribution in [0.1, 0.15) is 13.3 Å². The molecule has 2 amide bonds. The number of hydrogen-bond donors (Lipinski definition) is 2. The maximum absolute atomic E-state index is 9.47. The minimum atomic E-state index is -0.481. The van der Waals surface area contributed by atoms with Gasteiger partial charge in [0.2, 0.25) is 11.8 Å². The first-order chi connectivity index (χ1) is 7.31. The molecule has 0 spiro atoms. The molecule has 0 atom stereocenters. The van der Waals surface area contributed by atoms with Crippen molar-refractivity contribution in [3.05, 3.63) is 25.3 Å². The molecule has 16 heavy (non-hydrogen) atoms. The van der Waals surface area contributed by atoms with E-state index < -0.39 is 11.8 Å². The minimum absolute atomic E-state index is 0.481. The first-order valence-electron chi connectivity index (χ1n) is 4.80. The normalized spacial score (nSPS) is 7.75. The van der Waals surface area contributed by atoms with E-state index in [0.29, 0.717) is 0 Å². The second-order valence-electron chi connectivity index (χ2n) is 3.02. The van der Waals surface area contributed by atoms with Gasteiger partial charge in [0, 0.05) is 0 Å². The summed E-state index contributed by atoms with van der Waals surface area (Å²) in [6.07, 6.45) is 3.37. The van der Waals surface area contributed by atoms with E-state index in [2.05, 4.69) is 50.5 Å². The number of primary amides is 2. The molecule has 0 bridgehead atoms. The lowest BCUT2D eigenvalue weighted by atomic mass is 10.5. The molecular formula is C11H23N3O2. The average molecular weight is 229 g/mol. The van der Waals surface area contributed by atoms with Crippen molar-refractivity contribution < 1.29 is 9.59 Å². The van der Waals surface area contributed by atoms with E-state index in [0.717, 1.165) is 12.2 Å². The van der Waals surface area contributed by atoms with Crippen molar-refractivity contribution in [2.75, 3.05) is 20.6 Å². The van der Waals surface area contributed by atoms with E-state index in [-0.39, 0.29) is 0 Å². The standard InChI is InChI=1S/C5H13N.2C3H5NO/c1-4-5-6(2)3;2*1-2-3(4)5/h4-5H2,1-3H3;2*2H,1H2,(H2,4,5). The topological polar surface area (TPSA) is 89.4 Å². The zero-order valence-electron chi connectivity index (χ0n) is 10.4. The van der Waals surface area contributed by atoms with E-state index in [4.69, 9.17) is 0 Å². The van der Waals surface area contributed by atoms with Crippen LogP contribution in [0.25, 0.3) is 0 Å². The third-order valence-electron chi connectivity index (χ3n) is 1.07. The number of hydrogen-bond acceptors (Lipinski definition) is 3. The Balaban J connectivity index is -0.000000160. The molecule has 5 nitrogen and oxygen atoms in total. The van der Waals surface area contributed by atoms with Crippen molar-refractivity contribution in [3.8, 4) is 0 Å². The molecule has 0 aliphatic rings. The van der Waals surface area contributed by atoms with Gasteiger partial charge in [-0.2, -0.15) is 0 Å². The second kappa shape index (κ2) is 15.8. The summed E-state index contributed by atoms with van der Waals surface area (Å²) >= 11 is 0. The predicted molar refractivity (Wildman–Crippen MR) is 67.6 cm³/mol. The Morgan fingerprint density at radius 1 is 1.12 bits per heavy atom. The summed E-state index contributed by atoms with van der Waals surface area (Å²) < 4.78 is 0. The van der Waals surface area contributed by atoms with Gasteiger partial charge in [0.05, 0.1) is 0 Å². The average Bonchev–Trinajstić information content (AvgIpc) is 2.19. The highest BCUT2D eigenvalue weighted by Crippen LogP contribution is 1.76. The van der Waals surface area contributed by atoms with Crippen LogP contribution >= 0.6 is 0 Å². The Kier molecular flexibility index (Phi) is 19.7. The van der Waals surface area contributed by atoms with Crippen LogP contribution in [-0.2, 0) is 9.59 Å². The largest absolute Gasteiger partial charge is 0.366 e. The lowest BCUT2D eigenvalue weighted by Gasteiger charge is -2.03. The van der Waals surface area contributed by atoms with E-state index in [1.54, 1.807) is 0 Å². The number of nitrogens with two attached hydrogens (primary N) is 2. The maximum atomic E-state index is 9.47. The highest BCUT2D eigenvalue weighted by atomic mass is 16.1. The van der Waals surface area contributed by atoms with Gasteiger partial charge in [-0.1, -0.05) is 20.1 Å². The van der Waals surface area contributed by atoms with E-state index >= 15 is 0 Å². The van der Waals surface area contributed by atoms with Crippen LogP contribution in [0.15, 0.2) is 25.3 Å². The number of rotatable bonds is 4. The summed E-state index contributed by atoms with van der Waals surface area (Å²) in [5.41, 5.74) is 9.07. The van der Waals surface area contributed by atoms with Gasteiger partial charge in [0.15, 0.2) is 0 Å². The van der Waals surface area contributed by atoms with E-state index in [9.17, 15) is 9.59 Å². The third-order valence-corrected chi connectivity index (χ3v) is 1.07.